The molecule has 126 valence electrons. The number of aromatic nitrogens is 2. The maximum absolute atomic E-state index is 12.3. The third-order valence-corrected chi connectivity index (χ3v) is 3.85. The number of amides is 2. The molecule has 3 aromatic rings. The van der Waals surface area contributed by atoms with Gasteiger partial charge >= 0.3 is 0 Å². The summed E-state index contributed by atoms with van der Waals surface area (Å²) in [7, 11) is 1.56. The van der Waals surface area contributed by atoms with E-state index in [0.717, 1.165) is 5.56 Å². The molecule has 25 heavy (non-hydrogen) atoms. The number of hydrogen-bond donors (Lipinski definition) is 3. The minimum Gasteiger partial charge on any atom is -0.355 e. The van der Waals surface area contributed by atoms with Gasteiger partial charge < -0.3 is 10.6 Å². The van der Waals surface area contributed by atoms with Crippen LogP contribution < -0.4 is 10.6 Å². The number of nitrogens with one attached hydrogen (secondary N) is 3. The monoisotopic (exact) mass is 354 g/mol. The minimum absolute atomic E-state index is 0.181. The Bertz CT molecular complexity index is 902. The molecule has 7 heteroatoms. The van der Waals surface area contributed by atoms with Crippen molar-refractivity contribution < 1.29 is 9.59 Å². The molecule has 3 rings (SSSR count). The van der Waals surface area contributed by atoms with Gasteiger partial charge in [0, 0.05) is 28.9 Å². The molecule has 2 amide bonds. The molecule has 0 aliphatic rings. The lowest BCUT2D eigenvalue weighted by Gasteiger charge is -2.04. The minimum atomic E-state index is -0.319. The van der Waals surface area contributed by atoms with Crippen LogP contribution in [0.5, 0.6) is 0 Å². The molecule has 3 N–H and O–H groups in total. The first kappa shape index (κ1) is 16.7. The standard InChI is InChI=1S/C18H15ClN4O2/c1-20-17(24)12-4-8-14(9-5-12)21-18(25)16-10-15(22-23-16)11-2-6-13(19)7-3-11/h2-10H,1H3,(H,20,24)(H,21,25)(H,22,23). The zero-order chi connectivity index (χ0) is 17.8. The normalized spacial score (nSPS) is 10.3. The van der Waals surface area contributed by atoms with Gasteiger partial charge in [-0.25, -0.2) is 0 Å². The van der Waals surface area contributed by atoms with Gasteiger partial charge in [0.25, 0.3) is 11.8 Å². The number of halogens is 1. The molecular weight excluding hydrogens is 340 g/mol. The van der Waals surface area contributed by atoms with Gasteiger partial charge in [-0.1, -0.05) is 23.7 Å². The average Bonchev–Trinajstić information content (AvgIpc) is 3.12. The van der Waals surface area contributed by atoms with Crippen molar-refractivity contribution in [3.8, 4) is 11.3 Å². The fraction of sp³-hybridized carbons (Fsp3) is 0.0556. The largest absolute Gasteiger partial charge is 0.355 e. The van der Waals surface area contributed by atoms with E-state index in [1.54, 1.807) is 49.5 Å². The topological polar surface area (TPSA) is 86.9 Å². The van der Waals surface area contributed by atoms with Crippen LogP contribution in [0, 0.1) is 0 Å². The Morgan fingerprint density at radius 3 is 2.32 bits per heavy atom. The van der Waals surface area contributed by atoms with Gasteiger partial charge in [-0.05, 0) is 42.5 Å². The van der Waals surface area contributed by atoms with Crippen molar-refractivity contribution in [2.24, 2.45) is 0 Å². The highest BCUT2D eigenvalue weighted by Crippen LogP contribution is 2.20. The van der Waals surface area contributed by atoms with Crippen LogP contribution in [0.1, 0.15) is 20.8 Å². The van der Waals surface area contributed by atoms with Gasteiger partial charge in [-0.3, -0.25) is 14.7 Å². The highest BCUT2D eigenvalue weighted by molar-refractivity contribution is 6.30. The number of H-pyrrole nitrogens is 1. The van der Waals surface area contributed by atoms with E-state index >= 15 is 0 Å². The smallest absolute Gasteiger partial charge is 0.273 e. The summed E-state index contributed by atoms with van der Waals surface area (Å²) in [5.74, 6) is -0.501. The number of carbonyl (C=O) groups excluding carboxylic acids is 2. The number of hydrogen-bond acceptors (Lipinski definition) is 3. The predicted octanol–water partition coefficient (Wildman–Crippen LogP) is 3.34. The van der Waals surface area contributed by atoms with E-state index in [-0.39, 0.29) is 11.8 Å². The van der Waals surface area contributed by atoms with E-state index in [1.165, 1.54) is 0 Å². The van der Waals surface area contributed by atoms with Gasteiger partial charge in [0.2, 0.25) is 0 Å². The molecule has 0 saturated carbocycles. The molecule has 0 radical (unpaired) electrons. The van der Waals surface area contributed by atoms with Crippen molar-refractivity contribution in [2.75, 3.05) is 12.4 Å². The van der Waals surface area contributed by atoms with Crippen molar-refractivity contribution in [3.63, 3.8) is 0 Å². The van der Waals surface area contributed by atoms with E-state index in [9.17, 15) is 9.59 Å². The summed E-state index contributed by atoms with van der Waals surface area (Å²) in [5, 5.41) is 12.8. The van der Waals surface area contributed by atoms with Crippen LogP contribution in [0.25, 0.3) is 11.3 Å². The number of nitrogens with zero attached hydrogens (tertiary/aromatic N) is 1. The maximum atomic E-state index is 12.3. The molecule has 0 aliphatic carbocycles. The first-order valence-electron chi connectivity index (χ1n) is 7.51. The van der Waals surface area contributed by atoms with Crippen LogP contribution in [0.4, 0.5) is 5.69 Å². The average molecular weight is 355 g/mol. The van der Waals surface area contributed by atoms with E-state index in [4.69, 9.17) is 11.6 Å². The second-order valence-electron chi connectivity index (χ2n) is 5.28. The lowest BCUT2D eigenvalue weighted by atomic mass is 10.1. The predicted molar refractivity (Wildman–Crippen MR) is 96.8 cm³/mol. The highest BCUT2D eigenvalue weighted by atomic mass is 35.5. The van der Waals surface area contributed by atoms with Gasteiger partial charge in [0.05, 0.1) is 5.69 Å². The number of anilines is 1. The summed E-state index contributed by atoms with van der Waals surface area (Å²) < 4.78 is 0. The number of aromatic amines is 1. The molecule has 0 fully saturated rings. The third kappa shape index (κ3) is 3.87. The fourth-order valence-electron chi connectivity index (χ4n) is 2.25. The summed E-state index contributed by atoms with van der Waals surface area (Å²) in [4.78, 5) is 23.8. The van der Waals surface area contributed by atoms with Crippen LogP contribution in [0.3, 0.4) is 0 Å². The summed E-state index contributed by atoms with van der Waals surface area (Å²) in [6, 6.07) is 15.5. The molecule has 6 nitrogen and oxygen atoms in total. The molecule has 1 heterocycles. The zero-order valence-corrected chi connectivity index (χ0v) is 14.1. The number of benzene rings is 2. The van der Waals surface area contributed by atoms with Gasteiger partial charge in [0.1, 0.15) is 5.69 Å². The molecule has 0 unspecified atom stereocenters. The molecular formula is C18H15ClN4O2. The second-order valence-corrected chi connectivity index (χ2v) is 5.72. The van der Waals surface area contributed by atoms with Crippen LogP contribution in [-0.4, -0.2) is 29.1 Å². The molecule has 0 atom stereocenters. The summed E-state index contributed by atoms with van der Waals surface area (Å²) >= 11 is 5.87. The van der Waals surface area contributed by atoms with Crippen molar-refractivity contribution in [2.45, 2.75) is 0 Å². The number of rotatable bonds is 4. The first-order valence-corrected chi connectivity index (χ1v) is 7.89. The molecule has 0 bridgehead atoms. The third-order valence-electron chi connectivity index (χ3n) is 3.59. The Morgan fingerprint density at radius 1 is 1.00 bits per heavy atom. The van der Waals surface area contributed by atoms with Crippen LogP contribution in [-0.2, 0) is 0 Å². The van der Waals surface area contributed by atoms with Gasteiger partial charge in [-0.2, -0.15) is 5.10 Å². The summed E-state index contributed by atoms with van der Waals surface area (Å²) in [5.41, 5.74) is 2.94. The Balaban J connectivity index is 1.71. The first-order chi connectivity index (χ1) is 12.1. The Kier molecular flexibility index (Phi) is 4.81. The van der Waals surface area contributed by atoms with Crippen molar-refractivity contribution in [3.05, 3.63) is 70.9 Å². The van der Waals surface area contributed by atoms with Crippen LogP contribution in [0.15, 0.2) is 54.6 Å². The SMILES string of the molecule is CNC(=O)c1ccc(NC(=O)c2cc(-c3ccc(Cl)cc3)n[nH]2)cc1. The number of carbonyl (C=O) groups is 2. The summed E-state index contributed by atoms with van der Waals surface area (Å²) in [6.07, 6.45) is 0. The van der Waals surface area contributed by atoms with Crippen molar-refractivity contribution >= 4 is 29.1 Å². The van der Waals surface area contributed by atoms with E-state index < -0.39 is 0 Å². The zero-order valence-electron chi connectivity index (χ0n) is 13.3. The summed E-state index contributed by atoms with van der Waals surface area (Å²) in [6.45, 7) is 0. The van der Waals surface area contributed by atoms with Crippen molar-refractivity contribution in [1.29, 1.82) is 0 Å². The molecule has 0 spiro atoms. The van der Waals surface area contributed by atoms with Gasteiger partial charge in [0.15, 0.2) is 0 Å². The van der Waals surface area contributed by atoms with E-state index in [2.05, 4.69) is 20.8 Å². The van der Waals surface area contributed by atoms with Crippen LogP contribution >= 0.6 is 11.6 Å². The lowest BCUT2D eigenvalue weighted by Crippen LogP contribution is -2.18. The van der Waals surface area contributed by atoms with Gasteiger partial charge in [-0.15, -0.1) is 0 Å². The molecule has 1 aromatic heterocycles. The van der Waals surface area contributed by atoms with Crippen molar-refractivity contribution in [1.82, 2.24) is 15.5 Å². The van der Waals surface area contributed by atoms with E-state index in [0.29, 0.717) is 27.7 Å². The fourth-order valence-corrected chi connectivity index (χ4v) is 2.38. The molecule has 0 saturated heterocycles. The quantitative estimate of drug-likeness (QED) is 0.671. The highest BCUT2D eigenvalue weighted by Gasteiger charge is 2.12. The maximum Gasteiger partial charge on any atom is 0.273 e. The Hall–Kier alpha value is -3.12. The van der Waals surface area contributed by atoms with E-state index in [1.807, 2.05) is 12.1 Å². The van der Waals surface area contributed by atoms with Crippen LogP contribution in [0.2, 0.25) is 5.02 Å². The molecule has 0 aliphatic heterocycles. The Labute approximate surface area is 149 Å². The molecule has 2 aromatic carbocycles. The lowest BCUT2D eigenvalue weighted by molar-refractivity contribution is 0.0962. The second kappa shape index (κ2) is 7.19. The Morgan fingerprint density at radius 2 is 1.68 bits per heavy atom.